The molecule has 0 saturated heterocycles. The molecule has 0 spiro atoms. The summed E-state index contributed by atoms with van der Waals surface area (Å²) in [4.78, 5) is 1.32. The van der Waals surface area contributed by atoms with Crippen LogP contribution in [0.5, 0.6) is 0 Å². The summed E-state index contributed by atoms with van der Waals surface area (Å²) >= 11 is 22.1. The summed E-state index contributed by atoms with van der Waals surface area (Å²) in [6, 6.07) is 5.99. The van der Waals surface area contributed by atoms with Gasteiger partial charge in [0.1, 0.15) is 0 Å². The number of rotatable bonds is 2. The molecule has 1 unspecified atom stereocenters. The SMILES string of the molecule is Clc1cc(C(Br)c2ccc(Br)s2)c(Cl)s1. The number of thiophene rings is 2. The van der Waals surface area contributed by atoms with E-state index in [4.69, 9.17) is 23.2 Å². The van der Waals surface area contributed by atoms with Crippen LogP contribution in [0.2, 0.25) is 8.67 Å². The Kier molecular flexibility index (Phi) is 4.19. The first-order valence-electron chi connectivity index (χ1n) is 3.92. The van der Waals surface area contributed by atoms with E-state index in [1.54, 1.807) is 11.3 Å². The molecule has 0 nitrogen and oxygen atoms in total. The molecule has 0 fully saturated rings. The lowest BCUT2D eigenvalue weighted by Gasteiger charge is -2.05. The molecular weight excluding hydrogens is 403 g/mol. The van der Waals surface area contributed by atoms with Gasteiger partial charge in [0, 0.05) is 10.4 Å². The van der Waals surface area contributed by atoms with Gasteiger partial charge in [-0.15, -0.1) is 22.7 Å². The van der Waals surface area contributed by atoms with Crippen molar-refractivity contribution in [1.82, 2.24) is 0 Å². The van der Waals surface area contributed by atoms with Gasteiger partial charge in [-0.1, -0.05) is 39.1 Å². The maximum Gasteiger partial charge on any atom is 0.0991 e. The average Bonchev–Trinajstić information content (AvgIpc) is 2.71. The summed E-state index contributed by atoms with van der Waals surface area (Å²) in [5, 5.41) is 0. The van der Waals surface area contributed by atoms with E-state index < -0.39 is 0 Å². The van der Waals surface area contributed by atoms with E-state index in [0.29, 0.717) is 0 Å². The van der Waals surface area contributed by atoms with Crippen LogP contribution >= 0.6 is 77.7 Å². The minimum atomic E-state index is 0.116. The van der Waals surface area contributed by atoms with Gasteiger partial charge in [-0.05, 0) is 34.1 Å². The van der Waals surface area contributed by atoms with Crippen molar-refractivity contribution in [2.75, 3.05) is 0 Å². The summed E-state index contributed by atoms with van der Waals surface area (Å²) in [5.41, 5.74) is 1.03. The lowest BCUT2D eigenvalue weighted by molar-refractivity contribution is 1.25. The smallest absolute Gasteiger partial charge is 0.0991 e. The highest BCUT2D eigenvalue weighted by molar-refractivity contribution is 9.11. The van der Waals surface area contributed by atoms with Crippen molar-refractivity contribution < 1.29 is 0 Å². The predicted octanol–water partition coefficient (Wildman–Crippen LogP) is 6.36. The Labute approximate surface area is 122 Å². The van der Waals surface area contributed by atoms with Crippen LogP contribution in [0.25, 0.3) is 0 Å². The Morgan fingerprint density at radius 1 is 1.20 bits per heavy atom. The first-order chi connectivity index (χ1) is 7.08. The molecule has 15 heavy (non-hydrogen) atoms. The summed E-state index contributed by atoms with van der Waals surface area (Å²) in [6.07, 6.45) is 0. The molecule has 2 heterocycles. The highest BCUT2D eigenvalue weighted by atomic mass is 79.9. The molecule has 2 aromatic rings. The third-order valence-corrected chi connectivity index (χ3v) is 6.30. The van der Waals surface area contributed by atoms with Crippen molar-refractivity contribution in [3.63, 3.8) is 0 Å². The molecule has 0 N–H and O–H groups in total. The van der Waals surface area contributed by atoms with Crippen LogP contribution in [0.3, 0.4) is 0 Å². The van der Waals surface area contributed by atoms with Gasteiger partial charge in [0.2, 0.25) is 0 Å². The summed E-state index contributed by atoms with van der Waals surface area (Å²) in [6.45, 7) is 0. The Balaban J connectivity index is 2.35. The number of alkyl halides is 1. The van der Waals surface area contributed by atoms with Gasteiger partial charge in [0.05, 0.1) is 17.3 Å². The molecular formula is C9H4Br2Cl2S2. The minimum absolute atomic E-state index is 0.116. The lowest BCUT2D eigenvalue weighted by atomic mass is 10.2. The van der Waals surface area contributed by atoms with E-state index in [1.807, 2.05) is 12.1 Å². The first kappa shape index (κ1) is 12.4. The molecule has 0 bridgehead atoms. The van der Waals surface area contributed by atoms with E-state index in [0.717, 1.165) is 18.0 Å². The minimum Gasteiger partial charge on any atom is -0.132 e. The monoisotopic (exact) mass is 404 g/mol. The molecule has 6 heteroatoms. The van der Waals surface area contributed by atoms with E-state index in [1.165, 1.54) is 16.2 Å². The molecule has 0 amide bonds. The molecule has 80 valence electrons. The summed E-state index contributed by atoms with van der Waals surface area (Å²) in [7, 11) is 0. The van der Waals surface area contributed by atoms with Crippen molar-refractivity contribution in [2.24, 2.45) is 0 Å². The van der Waals surface area contributed by atoms with Crippen molar-refractivity contribution >= 4 is 77.7 Å². The largest absolute Gasteiger partial charge is 0.132 e. The lowest BCUT2D eigenvalue weighted by Crippen LogP contribution is -1.86. The summed E-state index contributed by atoms with van der Waals surface area (Å²) < 4.78 is 2.57. The fourth-order valence-corrected chi connectivity index (χ4v) is 5.17. The molecule has 0 saturated carbocycles. The standard InChI is InChI=1S/C9H4Br2Cl2S2/c10-6-2-1-5(14-6)8(11)4-3-7(12)15-9(4)13/h1-3,8H. The van der Waals surface area contributed by atoms with Crippen LogP contribution in [-0.2, 0) is 0 Å². The van der Waals surface area contributed by atoms with Crippen LogP contribution in [0, 0.1) is 0 Å². The second kappa shape index (κ2) is 5.07. The van der Waals surface area contributed by atoms with Gasteiger partial charge in [-0.2, -0.15) is 0 Å². The molecule has 1 atom stereocenters. The zero-order valence-electron chi connectivity index (χ0n) is 7.14. The van der Waals surface area contributed by atoms with Crippen molar-refractivity contribution in [3.05, 3.63) is 41.1 Å². The van der Waals surface area contributed by atoms with Crippen LogP contribution in [0.15, 0.2) is 22.0 Å². The van der Waals surface area contributed by atoms with Gasteiger partial charge in [0.25, 0.3) is 0 Å². The first-order valence-corrected chi connectivity index (χ1v) is 8.01. The normalized spacial score (nSPS) is 13.1. The molecule has 2 rings (SSSR count). The third-order valence-electron chi connectivity index (χ3n) is 1.80. The zero-order valence-corrected chi connectivity index (χ0v) is 13.5. The predicted molar refractivity (Wildman–Crippen MR) is 77.1 cm³/mol. The Morgan fingerprint density at radius 3 is 2.40 bits per heavy atom. The molecule has 0 aliphatic rings. The van der Waals surface area contributed by atoms with Crippen LogP contribution < -0.4 is 0 Å². The third kappa shape index (κ3) is 2.79. The van der Waals surface area contributed by atoms with E-state index in [-0.39, 0.29) is 4.83 Å². The van der Waals surface area contributed by atoms with Gasteiger partial charge in [0.15, 0.2) is 0 Å². The maximum atomic E-state index is 6.09. The van der Waals surface area contributed by atoms with Gasteiger partial charge < -0.3 is 0 Å². The van der Waals surface area contributed by atoms with Crippen molar-refractivity contribution in [3.8, 4) is 0 Å². The fourth-order valence-electron chi connectivity index (χ4n) is 1.14. The molecule has 0 aliphatic heterocycles. The molecule has 0 aliphatic carbocycles. The fraction of sp³-hybridized carbons (Fsp3) is 0.111. The Morgan fingerprint density at radius 2 is 1.93 bits per heavy atom. The summed E-state index contributed by atoms with van der Waals surface area (Å²) in [5.74, 6) is 0. The van der Waals surface area contributed by atoms with E-state index >= 15 is 0 Å². The second-order valence-electron chi connectivity index (χ2n) is 2.78. The van der Waals surface area contributed by atoms with Crippen molar-refractivity contribution in [1.29, 1.82) is 0 Å². The maximum absolute atomic E-state index is 6.09. The highest BCUT2D eigenvalue weighted by Gasteiger charge is 2.18. The number of halogens is 4. The highest BCUT2D eigenvalue weighted by Crippen LogP contribution is 2.43. The van der Waals surface area contributed by atoms with Gasteiger partial charge in [-0.25, -0.2) is 0 Å². The van der Waals surface area contributed by atoms with Crippen LogP contribution in [0.4, 0.5) is 0 Å². The topological polar surface area (TPSA) is 0 Å². The van der Waals surface area contributed by atoms with Crippen LogP contribution in [-0.4, -0.2) is 0 Å². The quantitative estimate of drug-likeness (QED) is 0.509. The molecule has 0 radical (unpaired) electrons. The zero-order chi connectivity index (χ0) is 11.0. The van der Waals surface area contributed by atoms with Crippen molar-refractivity contribution in [2.45, 2.75) is 4.83 Å². The van der Waals surface area contributed by atoms with E-state index in [9.17, 15) is 0 Å². The van der Waals surface area contributed by atoms with Gasteiger partial charge >= 0.3 is 0 Å². The Hall–Kier alpha value is 0.940. The average molecular weight is 407 g/mol. The number of hydrogen-bond acceptors (Lipinski definition) is 2. The molecule has 2 aromatic heterocycles. The molecule has 0 aromatic carbocycles. The van der Waals surface area contributed by atoms with Gasteiger partial charge in [-0.3, -0.25) is 0 Å². The number of hydrogen-bond donors (Lipinski definition) is 0. The van der Waals surface area contributed by atoms with E-state index in [2.05, 4.69) is 37.9 Å². The second-order valence-corrected chi connectivity index (χ2v) is 8.48. The van der Waals surface area contributed by atoms with Crippen LogP contribution in [0.1, 0.15) is 15.3 Å². The Bertz CT molecular complexity index is 478.